The molecule has 2 aliphatic carbocycles. The minimum atomic E-state index is -3.15. The van der Waals surface area contributed by atoms with Crippen molar-refractivity contribution in [2.45, 2.75) is 58.0 Å². The molecule has 0 aromatic heterocycles. The van der Waals surface area contributed by atoms with E-state index >= 15 is 0 Å². The first-order valence-corrected chi connectivity index (χ1v) is 9.78. The number of hydrogen-bond acceptors (Lipinski definition) is 1. The Morgan fingerprint density at radius 3 is 2.48 bits per heavy atom. The van der Waals surface area contributed by atoms with Gasteiger partial charge in [-0.2, -0.15) is 8.78 Å². The summed E-state index contributed by atoms with van der Waals surface area (Å²) in [6.07, 6.45) is 7.03. The van der Waals surface area contributed by atoms with Crippen LogP contribution in [-0.2, 0) is 0 Å². The first-order valence-electron chi connectivity index (χ1n) is 9.78. The van der Waals surface area contributed by atoms with Gasteiger partial charge in [0.1, 0.15) is 5.82 Å². The van der Waals surface area contributed by atoms with Crippen LogP contribution in [-0.4, -0.2) is 6.61 Å². The molecule has 2 saturated carbocycles. The number of fused-ring (bicyclic) bond motifs is 2. The van der Waals surface area contributed by atoms with E-state index in [2.05, 4.69) is 11.7 Å². The molecule has 0 N–H and O–H groups in total. The van der Waals surface area contributed by atoms with Crippen molar-refractivity contribution in [3.63, 3.8) is 0 Å². The maximum absolute atomic E-state index is 14.7. The van der Waals surface area contributed by atoms with Crippen LogP contribution in [0.15, 0.2) is 24.3 Å². The molecule has 4 atom stereocenters. The molecule has 4 rings (SSSR count). The third-order valence-corrected chi connectivity index (χ3v) is 6.56. The Bertz CT molecular complexity index is 835. The summed E-state index contributed by atoms with van der Waals surface area (Å²) >= 11 is 0. The van der Waals surface area contributed by atoms with Crippen molar-refractivity contribution in [2.24, 2.45) is 17.8 Å². The Hall–Kier alpha value is -1.78. The molecule has 0 bridgehead atoms. The molecule has 27 heavy (non-hydrogen) atoms. The monoisotopic (exact) mass is 380 g/mol. The normalized spacial score (nSPS) is 28.4. The number of benzene rings is 2. The second-order valence-corrected chi connectivity index (χ2v) is 8.31. The molecule has 0 amide bonds. The van der Waals surface area contributed by atoms with Crippen molar-refractivity contribution in [2.75, 3.05) is 0 Å². The van der Waals surface area contributed by atoms with Crippen LogP contribution in [0.4, 0.5) is 17.6 Å². The van der Waals surface area contributed by atoms with Crippen molar-refractivity contribution < 1.29 is 22.3 Å². The Morgan fingerprint density at radius 1 is 0.963 bits per heavy atom. The number of halogens is 4. The number of hydrogen-bond donors (Lipinski definition) is 0. The predicted octanol–water partition coefficient (Wildman–Crippen LogP) is 7.04. The van der Waals surface area contributed by atoms with E-state index in [0.717, 1.165) is 42.7 Å². The maximum Gasteiger partial charge on any atom is 0.387 e. The first kappa shape index (κ1) is 18.6. The smallest absolute Gasteiger partial charge is 0.387 e. The molecule has 2 aromatic carbocycles. The Morgan fingerprint density at radius 2 is 1.70 bits per heavy atom. The topological polar surface area (TPSA) is 9.23 Å². The minimum absolute atomic E-state index is 0.276. The molecule has 1 nitrogen and oxygen atoms in total. The lowest BCUT2D eigenvalue weighted by atomic mass is 9.64. The van der Waals surface area contributed by atoms with Gasteiger partial charge in [0.05, 0.1) is 5.39 Å². The molecule has 2 aromatic rings. The molecule has 0 radical (unpaired) electrons. The molecule has 2 fully saturated rings. The van der Waals surface area contributed by atoms with Crippen LogP contribution >= 0.6 is 0 Å². The van der Waals surface area contributed by atoms with Crippen molar-refractivity contribution in [3.05, 3.63) is 41.5 Å². The van der Waals surface area contributed by atoms with Gasteiger partial charge in [-0.3, -0.25) is 0 Å². The Balaban J connectivity index is 1.62. The van der Waals surface area contributed by atoms with E-state index in [-0.39, 0.29) is 11.3 Å². The highest BCUT2D eigenvalue weighted by Gasteiger charge is 2.35. The van der Waals surface area contributed by atoms with E-state index in [1.54, 1.807) is 0 Å². The minimum Gasteiger partial charge on any atom is -0.432 e. The third kappa shape index (κ3) is 3.65. The molecule has 5 heteroatoms. The van der Waals surface area contributed by atoms with Crippen LogP contribution in [0.25, 0.3) is 10.8 Å². The molecule has 0 spiro atoms. The molecule has 0 saturated heterocycles. The largest absolute Gasteiger partial charge is 0.432 e. The molecule has 0 heterocycles. The van der Waals surface area contributed by atoms with E-state index in [9.17, 15) is 17.6 Å². The van der Waals surface area contributed by atoms with E-state index in [0.29, 0.717) is 11.3 Å². The standard InChI is InChI=1S/C22H24F4O/c1-12-2-3-14-9-15(5-4-13(14)8-12)17-10-16-6-7-19(27-22(25)26)21(24)20(16)18(23)11-17/h6-7,10-15,22H,2-5,8-9H2,1H3/t12-,13?,14-,15?/m1/s1. The SMILES string of the molecule is C[C@@H]1CC[C@@H]2CC(c3cc(F)c4c(F)c(OC(F)F)ccc4c3)CCC2C1. The van der Waals surface area contributed by atoms with Gasteiger partial charge in [-0.25, -0.2) is 8.78 Å². The summed E-state index contributed by atoms with van der Waals surface area (Å²) in [5.74, 6) is 0.146. The van der Waals surface area contributed by atoms with E-state index < -0.39 is 24.0 Å². The summed E-state index contributed by atoms with van der Waals surface area (Å²) in [7, 11) is 0. The molecular weight excluding hydrogens is 356 g/mol. The van der Waals surface area contributed by atoms with Gasteiger partial charge in [0, 0.05) is 0 Å². The lowest BCUT2D eigenvalue weighted by molar-refractivity contribution is -0.0520. The second kappa shape index (κ2) is 7.33. The lowest BCUT2D eigenvalue weighted by Crippen LogP contribution is -2.29. The van der Waals surface area contributed by atoms with E-state index in [4.69, 9.17) is 0 Å². The second-order valence-electron chi connectivity index (χ2n) is 8.31. The van der Waals surface area contributed by atoms with E-state index in [1.165, 1.54) is 31.4 Å². The van der Waals surface area contributed by atoms with Crippen LogP contribution in [0.2, 0.25) is 0 Å². The first-order chi connectivity index (χ1) is 12.9. The van der Waals surface area contributed by atoms with Gasteiger partial charge in [0.25, 0.3) is 0 Å². The fourth-order valence-corrected chi connectivity index (χ4v) is 5.22. The molecule has 2 unspecified atom stereocenters. The third-order valence-electron chi connectivity index (χ3n) is 6.56. The van der Waals surface area contributed by atoms with Gasteiger partial charge in [-0.05, 0) is 78.9 Å². The number of ether oxygens (including phenoxy) is 1. The van der Waals surface area contributed by atoms with E-state index in [1.807, 2.05) is 6.07 Å². The maximum atomic E-state index is 14.7. The molecule has 146 valence electrons. The van der Waals surface area contributed by atoms with Gasteiger partial charge in [-0.1, -0.05) is 25.5 Å². The van der Waals surface area contributed by atoms with Crippen LogP contribution in [0, 0.1) is 29.4 Å². The van der Waals surface area contributed by atoms with Gasteiger partial charge in [0.2, 0.25) is 0 Å². The molecule has 2 aliphatic rings. The predicted molar refractivity (Wildman–Crippen MR) is 97.1 cm³/mol. The number of rotatable bonds is 3. The summed E-state index contributed by atoms with van der Waals surface area (Å²) in [4.78, 5) is 0. The van der Waals surface area contributed by atoms with Gasteiger partial charge in [0.15, 0.2) is 11.6 Å². The van der Waals surface area contributed by atoms with Gasteiger partial charge < -0.3 is 4.74 Å². The van der Waals surface area contributed by atoms with Crippen molar-refractivity contribution >= 4 is 10.8 Å². The fraction of sp³-hybridized carbons (Fsp3) is 0.545. The zero-order valence-electron chi connectivity index (χ0n) is 15.4. The molecular formula is C22H24F4O. The Labute approximate surface area is 156 Å². The fourth-order valence-electron chi connectivity index (χ4n) is 5.22. The van der Waals surface area contributed by atoms with Crippen LogP contribution < -0.4 is 4.74 Å². The average molecular weight is 380 g/mol. The summed E-state index contributed by atoms with van der Waals surface area (Å²) in [6, 6.07) is 5.79. The number of alkyl halides is 2. The Kier molecular flexibility index (Phi) is 5.04. The summed E-state index contributed by atoms with van der Waals surface area (Å²) in [6.45, 7) is -0.825. The molecule has 0 aliphatic heterocycles. The summed E-state index contributed by atoms with van der Waals surface area (Å²) < 4.78 is 58.0. The summed E-state index contributed by atoms with van der Waals surface area (Å²) in [5, 5.41) is 0.112. The zero-order chi connectivity index (χ0) is 19.1. The summed E-state index contributed by atoms with van der Waals surface area (Å²) in [5.41, 5.74) is 0.888. The van der Waals surface area contributed by atoms with Crippen molar-refractivity contribution in [3.8, 4) is 5.75 Å². The quantitative estimate of drug-likeness (QED) is 0.519. The van der Waals surface area contributed by atoms with Crippen LogP contribution in [0.5, 0.6) is 5.75 Å². The lowest BCUT2D eigenvalue weighted by Gasteiger charge is -2.41. The highest BCUT2D eigenvalue weighted by molar-refractivity contribution is 5.86. The van der Waals surface area contributed by atoms with Crippen LogP contribution in [0.1, 0.15) is 56.9 Å². The van der Waals surface area contributed by atoms with Crippen molar-refractivity contribution in [1.82, 2.24) is 0 Å². The highest BCUT2D eigenvalue weighted by Crippen LogP contribution is 2.48. The van der Waals surface area contributed by atoms with Crippen molar-refractivity contribution in [1.29, 1.82) is 0 Å². The zero-order valence-corrected chi connectivity index (χ0v) is 15.4. The van der Waals surface area contributed by atoms with Gasteiger partial charge in [-0.15, -0.1) is 0 Å². The highest BCUT2D eigenvalue weighted by atomic mass is 19.3. The van der Waals surface area contributed by atoms with Gasteiger partial charge >= 0.3 is 6.61 Å². The average Bonchev–Trinajstić information content (AvgIpc) is 2.63. The van der Waals surface area contributed by atoms with Crippen LogP contribution in [0.3, 0.4) is 0 Å².